The van der Waals surface area contributed by atoms with E-state index in [0.717, 1.165) is 15.7 Å². The summed E-state index contributed by atoms with van der Waals surface area (Å²) in [6.07, 6.45) is 0. The summed E-state index contributed by atoms with van der Waals surface area (Å²) < 4.78 is 12.9. The minimum Gasteiger partial charge on any atom is -0.493 e. The number of Topliss-reactive ketones (excluding diaryl/α,β-unsaturated/α-hetero) is 1. The van der Waals surface area contributed by atoms with E-state index < -0.39 is 17.0 Å². The number of carbonyl (C=O) groups excluding carboxylic acids is 1. The first-order valence-electron chi connectivity index (χ1n) is 10.3. The molecular formula is C24H28N4O5. The molecule has 0 atom stereocenters. The van der Waals surface area contributed by atoms with E-state index in [2.05, 4.69) is 0 Å². The van der Waals surface area contributed by atoms with Crippen molar-refractivity contribution in [3.63, 3.8) is 0 Å². The Morgan fingerprint density at radius 2 is 1.73 bits per heavy atom. The molecule has 0 unspecified atom stereocenters. The third-order valence-electron chi connectivity index (χ3n) is 5.38. The fraction of sp³-hybridized carbons (Fsp3) is 0.292. The van der Waals surface area contributed by atoms with Crippen LogP contribution in [0.1, 0.15) is 21.5 Å². The first-order chi connectivity index (χ1) is 15.8. The third-order valence-corrected chi connectivity index (χ3v) is 5.38. The summed E-state index contributed by atoms with van der Waals surface area (Å²) in [5.41, 5.74) is 6.35. The van der Waals surface area contributed by atoms with E-state index in [1.807, 2.05) is 42.5 Å². The van der Waals surface area contributed by atoms with E-state index in [9.17, 15) is 14.4 Å². The van der Waals surface area contributed by atoms with Crippen molar-refractivity contribution in [3.05, 3.63) is 86.1 Å². The number of rotatable bonds is 9. The average molecular weight is 453 g/mol. The van der Waals surface area contributed by atoms with Crippen LogP contribution in [0.5, 0.6) is 11.5 Å². The number of ether oxygens (including phenoxy) is 2. The highest BCUT2D eigenvalue weighted by Gasteiger charge is 2.23. The summed E-state index contributed by atoms with van der Waals surface area (Å²) in [5.74, 6) is 0.551. The standard InChI is InChI=1S/C24H28N4O5/c1-26(14-17-11-8-12-19(32-3)21(17)33-4)15-18(29)20-22(25)28(24(31)27(2)23(20)30)13-16-9-6-5-7-10-16/h5-12H,13-15,25H2,1-4H3. The van der Waals surface area contributed by atoms with Gasteiger partial charge in [-0.2, -0.15) is 0 Å². The fourth-order valence-electron chi connectivity index (χ4n) is 3.71. The van der Waals surface area contributed by atoms with Crippen LogP contribution in [0.3, 0.4) is 0 Å². The molecule has 0 bridgehead atoms. The van der Waals surface area contributed by atoms with Gasteiger partial charge in [-0.05, 0) is 18.7 Å². The molecule has 0 spiro atoms. The van der Waals surface area contributed by atoms with Crippen molar-refractivity contribution in [2.45, 2.75) is 13.1 Å². The molecule has 9 nitrogen and oxygen atoms in total. The molecule has 2 aromatic carbocycles. The Morgan fingerprint density at radius 1 is 1.03 bits per heavy atom. The topological polar surface area (TPSA) is 109 Å². The highest BCUT2D eigenvalue weighted by Crippen LogP contribution is 2.31. The molecular weight excluding hydrogens is 424 g/mol. The van der Waals surface area contributed by atoms with E-state index in [1.165, 1.54) is 11.6 Å². The number of benzene rings is 2. The second kappa shape index (κ2) is 10.2. The molecule has 0 radical (unpaired) electrons. The summed E-state index contributed by atoms with van der Waals surface area (Å²) >= 11 is 0. The number of methoxy groups -OCH3 is 2. The summed E-state index contributed by atoms with van der Waals surface area (Å²) in [4.78, 5) is 40.3. The lowest BCUT2D eigenvalue weighted by Gasteiger charge is -2.20. The number of nitrogens with zero attached hydrogens (tertiary/aromatic N) is 3. The van der Waals surface area contributed by atoms with Gasteiger partial charge in [0, 0.05) is 19.2 Å². The van der Waals surface area contributed by atoms with E-state index >= 15 is 0 Å². The van der Waals surface area contributed by atoms with Gasteiger partial charge in [-0.1, -0.05) is 42.5 Å². The lowest BCUT2D eigenvalue weighted by Crippen LogP contribution is -2.44. The summed E-state index contributed by atoms with van der Waals surface area (Å²) in [6, 6.07) is 14.7. The van der Waals surface area contributed by atoms with Gasteiger partial charge >= 0.3 is 5.69 Å². The fourth-order valence-corrected chi connectivity index (χ4v) is 3.71. The third kappa shape index (κ3) is 4.98. The summed E-state index contributed by atoms with van der Waals surface area (Å²) in [6.45, 7) is 0.441. The Kier molecular flexibility index (Phi) is 7.34. The van der Waals surface area contributed by atoms with Crippen LogP contribution >= 0.6 is 0 Å². The molecule has 0 amide bonds. The highest BCUT2D eigenvalue weighted by atomic mass is 16.5. The number of para-hydroxylation sites is 1. The van der Waals surface area contributed by atoms with Crippen LogP contribution in [0.2, 0.25) is 0 Å². The van der Waals surface area contributed by atoms with Gasteiger partial charge < -0.3 is 15.2 Å². The van der Waals surface area contributed by atoms with Crippen LogP contribution in [0.15, 0.2) is 58.1 Å². The lowest BCUT2D eigenvalue weighted by molar-refractivity contribution is 0.0940. The quantitative estimate of drug-likeness (QED) is 0.490. The van der Waals surface area contributed by atoms with Crippen LogP contribution in [-0.4, -0.2) is 47.6 Å². The predicted octanol–water partition coefficient (Wildman–Crippen LogP) is 1.51. The molecule has 0 aliphatic carbocycles. The smallest absolute Gasteiger partial charge is 0.332 e. The molecule has 0 saturated heterocycles. The van der Waals surface area contributed by atoms with Crippen molar-refractivity contribution in [2.24, 2.45) is 7.05 Å². The van der Waals surface area contributed by atoms with Gasteiger partial charge in [0.1, 0.15) is 11.4 Å². The molecule has 33 heavy (non-hydrogen) atoms. The van der Waals surface area contributed by atoms with Gasteiger partial charge in [0.2, 0.25) is 0 Å². The monoisotopic (exact) mass is 452 g/mol. The van der Waals surface area contributed by atoms with Crippen molar-refractivity contribution < 1.29 is 14.3 Å². The maximum atomic E-state index is 13.1. The lowest BCUT2D eigenvalue weighted by atomic mass is 10.1. The van der Waals surface area contributed by atoms with Crippen LogP contribution in [0, 0.1) is 0 Å². The number of hydrogen-bond acceptors (Lipinski definition) is 7. The predicted molar refractivity (Wildman–Crippen MR) is 126 cm³/mol. The molecule has 3 aromatic rings. The largest absolute Gasteiger partial charge is 0.493 e. The van der Waals surface area contributed by atoms with Crippen LogP contribution in [0.25, 0.3) is 0 Å². The Bertz CT molecular complexity index is 1260. The number of nitrogen functional groups attached to an aromatic ring is 1. The number of hydrogen-bond donors (Lipinski definition) is 1. The maximum Gasteiger partial charge on any atom is 0.332 e. The van der Waals surface area contributed by atoms with Crippen molar-refractivity contribution >= 4 is 11.6 Å². The van der Waals surface area contributed by atoms with Gasteiger partial charge in [-0.25, -0.2) is 4.79 Å². The zero-order valence-corrected chi connectivity index (χ0v) is 19.2. The Hall–Kier alpha value is -3.85. The number of aromatic nitrogens is 2. The van der Waals surface area contributed by atoms with E-state index in [1.54, 1.807) is 32.2 Å². The first kappa shape index (κ1) is 23.8. The van der Waals surface area contributed by atoms with Gasteiger partial charge in [-0.15, -0.1) is 0 Å². The van der Waals surface area contributed by atoms with Gasteiger partial charge in [0.25, 0.3) is 5.56 Å². The molecule has 1 heterocycles. The normalized spacial score (nSPS) is 10.9. The van der Waals surface area contributed by atoms with Crippen LogP contribution < -0.4 is 26.5 Å². The SMILES string of the molecule is COc1cccc(CN(C)CC(=O)c2c(N)n(Cc3ccccc3)c(=O)n(C)c2=O)c1OC. The molecule has 0 fully saturated rings. The zero-order valence-electron chi connectivity index (χ0n) is 19.2. The van der Waals surface area contributed by atoms with Gasteiger partial charge in [0.05, 0.1) is 27.3 Å². The van der Waals surface area contributed by atoms with E-state index in [-0.39, 0.29) is 24.5 Å². The Balaban J connectivity index is 1.90. The zero-order chi connectivity index (χ0) is 24.1. The second-order valence-electron chi connectivity index (χ2n) is 7.73. The Morgan fingerprint density at radius 3 is 2.36 bits per heavy atom. The molecule has 174 valence electrons. The average Bonchev–Trinajstić information content (AvgIpc) is 2.81. The van der Waals surface area contributed by atoms with Crippen molar-refractivity contribution in [2.75, 3.05) is 33.5 Å². The molecule has 0 saturated carbocycles. The van der Waals surface area contributed by atoms with E-state index in [4.69, 9.17) is 15.2 Å². The number of nitrogens with two attached hydrogens (primary N) is 1. The van der Waals surface area contributed by atoms with E-state index in [0.29, 0.717) is 18.0 Å². The summed E-state index contributed by atoms with van der Waals surface area (Å²) in [5, 5.41) is 0. The minimum absolute atomic E-state index is 0.0800. The minimum atomic E-state index is -0.709. The number of anilines is 1. The second-order valence-corrected chi connectivity index (χ2v) is 7.73. The molecule has 3 rings (SSSR count). The molecule has 0 aliphatic heterocycles. The molecule has 0 aliphatic rings. The maximum absolute atomic E-state index is 13.1. The molecule has 2 N–H and O–H groups in total. The van der Waals surface area contributed by atoms with Crippen LogP contribution in [-0.2, 0) is 20.1 Å². The van der Waals surface area contributed by atoms with Gasteiger partial charge in [0.15, 0.2) is 17.3 Å². The van der Waals surface area contributed by atoms with Gasteiger partial charge in [-0.3, -0.25) is 23.6 Å². The summed E-state index contributed by atoms with van der Waals surface area (Å²) in [7, 11) is 6.19. The van der Waals surface area contributed by atoms with Crippen molar-refractivity contribution in [3.8, 4) is 11.5 Å². The van der Waals surface area contributed by atoms with Crippen LogP contribution in [0.4, 0.5) is 5.82 Å². The highest BCUT2D eigenvalue weighted by molar-refractivity contribution is 6.01. The molecule has 1 aromatic heterocycles. The number of carbonyl (C=O) groups is 1. The Labute approximate surface area is 191 Å². The first-order valence-corrected chi connectivity index (χ1v) is 10.3. The molecule has 9 heteroatoms. The van der Waals surface area contributed by atoms with Crippen molar-refractivity contribution in [1.82, 2.24) is 14.0 Å². The number of likely N-dealkylation sites (N-methyl/N-ethyl adjacent to an activating group) is 1. The van der Waals surface area contributed by atoms with Crippen molar-refractivity contribution in [1.29, 1.82) is 0 Å². The number of ketones is 1.